The van der Waals surface area contributed by atoms with E-state index in [2.05, 4.69) is 50.4 Å². The largest absolute Gasteiger partial charge is 0.481 e. The maximum Gasteiger partial charge on any atom is 0.389 e. The van der Waals surface area contributed by atoms with Crippen LogP contribution in [0.5, 0.6) is 0 Å². The molecule has 1 heterocycles. The van der Waals surface area contributed by atoms with Crippen LogP contribution in [0.4, 0.5) is 13.2 Å². The van der Waals surface area contributed by atoms with Gasteiger partial charge in [0.05, 0.1) is 11.3 Å². The second kappa shape index (κ2) is 12.6. The van der Waals surface area contributed by atoms with Gasteiger partial charge in [-0.1, -0.05) is 45.0 Å². The maximum absolute atomic E-state index is 13.2. The average molecular weight is 578 g/mol. The molecule has 0 aliphatic carbocycles. The molecule has 210 valence electrons. The van der Waals surface area contributed by atoms with Crippen LogP contribution in [0.15, 0.2) is 53.4 Å². The van der Waals surface area contributed by atoms with Crippen molar-refractivity contribution in [3.63, 3.8) is 0 Å². The quantitative estimate of drug-likeness (QED) is 0.237. The average Bonchev–Trinajstić information content (AvgIpc) is 3.30. The zero-order valence-corrected chi connectivity index (χ0v) is 24.4. The predicted octanol–water partition coefficient (Wildman–Crippen LogP) is 8.71. The number of hydrogen-bond donors (Lipinski definition) is 2. The van der Waals surface area contributed by atoms with Gasteiger partial charge in [0, 0.05) is 28.0 Å². The van der Waals surface area contributed by atoms with Crippen molar-refractivity contribution in [1.82, 2.24) is 5.32 Å². The van der Waals surface area contributed by atoms with Crippen LogP contribution in [0.1, 0.15) is 76.5 Å². The highest BCUT2D eigenvalue weighted by atomic mass is 32.2. The summed E-state index contributed by atoms with van der Waals surface area (Å²) in [6.45, 7) is 10.5. The van der Waals surface area contributed by atoms with Gasteiger partial charge in [0.1, 0.15) is 0 Å². The monoisotopic (exact) mass is 577 g/mol. The van der Waals surface area contributed by atoms with Crippen molar-refractivity contribution >= 4 is 35.0 Å². The zero-order valence-electron chi connectivity index (χ0n) is 22.7. The molecule has 0 aliphatic rings. The Kier molecular flexibility index (Phi) is 9.93. The van der Waals surface area contributed by atoms with Crippen molar-refractivity contribution in [2.45, 2.75) is 75.6 Å². The topological polar surface area (TPSA) is 66.4 Å². The van der Waals surface area contributed by atoms with E-state index >= 15 is 0 Å². The minimum atomic E-state index is -4.29. The van der Waals surface area contributed by atoms with E-state index in [0.29, 0.717) is 9.75 Å². The van der Waals surface area contributed by atoms with E-state index in [1.54, 1.807) is 12.1 Å². The van der Waals surface area contributed by atoms with Crippen molar-refractivity contribution in [2.75, 3.05) is 6.54 Å². The van der Waals surface area contributed by atoms with Crippen LogP contribution in [0.3, 0.4) is 0 Å². The van der Waals surface area contributed by atoms with E-state index in [-0.39, 0.29) is 24.8 Å². The number of aliphatic carboxylic acids is 1. The number of carboxylic acids is 1. The second-order valence-electron chi connectivity index (χ2n) is 10.6. The van der Waals surface area contributed by atoms with Crippen LogP contribution >= 0.6 is 23.1 Å². The van der Waals surface area contributed by atoms with Crippen molar-refractivity contribution < 1.29 is 27.9 Å². The second-order valence-corrected chi connectivity index (χ2v) is 13.0. The lowest BCUT2D eigenvalue weighted by molar-refractivity contribution is -0.137. The standard InChI is InChI=1S/C30H34F3NO3S2/c1-18-16-22(17-19(2)27(18)20-6-8-21(9-7-20)29(3,4)5)38-24(12-14-30(31,32)33)23-10-11-25(39-23)28(37)34-15-13-26(35)36/h6-11,16-17,24H,12-15H2,1-5H3,(H,34,37)(H,35,36). The number of carbonyl (C=O) groups excluding carboxylic acids is 1. The first-order valence-electron chi connectivity index (χ1n) is 12.7. The third-order valence-corrected chi connectivity index (χ3v) is 8.94. The van der Waals surface area contributed by atoms with Crippen molar-refractivity contribution in [3.8, 4) is 11.1 Å². The fraction of sp³-hybridized carbons (Fsp3) is 0.400. The Morgan fingerprint density at radius 2 is 1.62 bits per heavy atom. The first-order valence-corrected chi connectivity index (χ1v) is 14.4. The lowest BCUT2D eigenvalue weighted by Gasteiger charge is -2.21. The highest BCUT2D eigenvalue weighted by Crippen LogP contribution is 2.45. The Balaban J connectivity index is 1.84. The molecular formula is C30H34F3NO3S2. The van der Waals surface area contributed by atoms with Gasteiger partial charge in [0.15, 0.2) is 0 Å². The van der Waals surface area contributed by atoms with E-state index in [0.717, 1.165) is 38.5 Å². The van der Waals surface area contributed by atoms with Crippen molar-refractivity contribution in [1.29, 1.82) is 0 Å². The van der Waals surface area contributed by atoms with E-state index in [1.807, 2.05) is 26.0 Å². The molecular weight excluding hydrogens is 543 g/mol. The molecule has 2 aromatic carbocycles. The van der Waals surface area contributed by atoms with Crippen molar-refractivity contribution in [2.24, 2.45) is 0 Å². The summed E-state index contributed by atoms with van der Waals surface area (Å²) >= 11 is 2.51. The Morgan fingerprint density at radius 1 is 1.00 bits per heavy atom. The van der Waals surface area contributed by atoms with E-state index < -0.39 is 29.7 Å². The summed E-state index contributed by atoms with van der Waals surface area (Å²) in [7, 11) is 0. The predicted molar refractivity (Wildman–Crippen MR) is 153 cm³/mol. The third-order valence-electron chi connectivity index (χ3n) is 6.31. The smallest absolute Gasteiger partial charge is 0.389 e. The molecule has 1 aromatic heterocycles. The number of halogens is 3. The number of thioether (sulfide) groups is 1. The SMILES string of the molecule is Cc1cc(SC(CCC(F)(F)F)c2ccc(C(=O)NCCC(=O)O)s2)cc(C)c1-c1ccc(C(C)(C)C)cc1. The number of carbonyl (C=O) groups is 2. The molecule has 4 nitrogen and oxygen atoms in total. The normalized spacial score (nSPS) is 12.8. The Labute approximate surface area is 236 Å². The number of thiophene rings is 1. The van der Waals surface area contributed by atoms with E-state index in [1.165, 1.54) is 17.3 Å². The molecule has 1 unspecified atom stereocenters. The number of nitrogens with one attached hydrogen (secondary N) is 1. The van der Waals surface area contributed by atoms with Crippen LogP contribution in [0.25, 0.3) is 11.1 Å². The summed E-state index contributed by atoms with van der Waals surface area (Å²) in [6.07, 6.45) is -5.55. The Morgan fingerprint density at radius 3 is 2.15 bits per heavy atom. The van der Waals surface area contributed by atoms with Crippen LogP contribution in [-0.4, -0.2) is 29.7 Å². The van der Waals surface area contributed by atoms with E-state index in [4.69, 9.17) is 5.11 Å². The summed E-state index contributed by atoms with van der Waals surface area (Å²) in [4.78, 5) is 25.0. The summed E-state index contributed by atoms with van der Waals surface area (Å²) in [5, 5.41) is 10.8. The highest BCUT2D eigenvalue weighted by molar-refractivity contribution is 7.99. The Bertz CT molecular complexity index is 1290. The number of aryl methyl sites for hydroxylation is 2. The molecule has 0 saturated heterocycles. The number of alkyl halides is 3. The molecule has 2 N–H and O–H groups in total. The third kappa shape index (κ3) is 8.86. The number of hydrogen-bond acceptors (Lipinski definition) is 4. The molecule has 0 fully saturated rings. The summed E-state index contributed by atoms with van der Waals surface area (Å²) in [5.41, 5.74) is 5.59. The van der Waals surface area contributed by atoms with E-state index in [9.17, 15) is 22.8 Å². The number of amides is 1. The first-order chi connectivity index (χ1) is 18.1. The van der Waals surface area contributed by atoms with Gasteiger partial charge in [-0.25, -0.2) is 0 Å². The van der Waals surface area contributed by atoms with Crippen LogP contribution in [0, 0.1) is 13.8 Å². The van der Waals surface area contributed by atoms with Gasteiger partial charge in [-0.3, -0.25) is 9.59 Å². The molecule has 3 aromatic rings. The fourth-order valence-electron chi connectivity index (χ4n) is 4.32. The van der Waals surface area contributed by atoms with Crippen LogP contribution in [0.2, 0.25) is 0 Å². The number of carboxylic acid groups (broad SMARTS) is 1. The molecule has 0 saturated carbocycles. The van der Waals surface area contributed by atoms with Gasteiger partial charge in [-0.05, 0) is 77.8 Å². The lowest BCUT2D eigenvalue weighted by Crippen LogP contribution is -2.25. The molecule has 0 aliphatic heterocycles. The fourth-order valence-corrected chi connectivity index (χ4v) is 6.80. The van der Waals surface area contributed by atoms with Gasteiger partial charge in [0.25, 0.3) is 5.91 Å². The molecule has 0 spiro atoms. The molecule has 3 rings (SSSR count). The summed E-state index contributed by atoms with van der Waals surface area (Å²) in [5.74, 6) is -1.45. The molecule has 1 amide bonds. The summed E-state index contributed by atoms with van der Waals surface area (Å²) < 4.78 is 39.5. The molecule has 9 heteroatoms. The van der Waals surface area contributed by atoms with Gasteiger partial charge < -0.3 is 10.4 Å². The first kappa shape index (κ1) is 30.8. The van der Waals surface area contributed by atoms with Gasteiger partial charge in [-0.15, -0.1) is 23.1 Å². The van der Waals surface area contributed by atoms with Gasteiger partial charge in [-0.2, -0.15) is 13.2 Å². The minimum Gasteiger partial charge on any atom is -0.481 e. The van der Waals surface area contributed by atoms with Crippen LogP contribution in [-0.2, 0) is 10.2 Å². The van der Waals surface area contributed by atoms with Crippen molar-refractivity contribution in [3.05, 3.63) is 75.0 Å². The Hall–Kier alpha value is -2.78. The van der Waals surface area contributed by atoms with Gasteiger partial charge >= 0.3 is 12.1 Å². The van der Waals surface area contributed by atoms with Gasteiger partial charge in [0.2, 0.25) is 0 Å². The molecule has 0 bridgehead atoms. The highest BCUT2D eigenvalue weighted by Gasteiger charge is 2.30. The minimum absolute atomic E-state index is 0.0164. The molecule has 39 heavy (non-hydrogen) atoms. The van der Waals surface area contributed by atoms with Crippen LogP contribution < -0.4 is 5.32 Å². The molecule has 1 atom stereocenters. The zero-order chi connectivity index (χ0) is 29.0. The molecule has 0 radical (unpaired) electrons. The lowest BCUT2D eigenvalue weighted by atomic mass is 9.85. The summed E-state index contributed by atoms with van der Waals surface area (Å²) in [6, 6.07) is 15.8. The maximum atomic E-state index is 13.2. The number of rotatable bonds is 10. The number of benzene rings is 2.